The third kappa shape index (κ3) is 6.87. The van der Waals surface area contributed by atoms with Gasteiger partial charge in [-0.05, 0) is 37.3 Å². The number of nitrogens with two attached hydrogens (primary N) is 1. The van der Waals surface area contributed by atoms with Crippen LogP contribution in [0.2, 0.25) is 0 Å². The topological polar surface area (TPSA) is 131 Å². The van der Waals surface area contributed by atoms with E-state index in [9.17, 15) is 13.2 Å². The van der Waals surface area contributed by atoms with E-state index in [4.69, 9.17) is 16.9 Å². The molecule has 0 bridgehead atoms. The lowest BCUT2D eigenvalue weighted by Crippen LogP contribution is -2.54. The summed E-state index contributed by atoms with van der Waals surface area (Å²) in [4.78, 5) is 22.8. The fraction of sp³-hybridized carbons (Fsp3) is 0.522. The Kier molecular flexibility index (Phi) is 9.18. The molecule has 10 nitrogen and oxygen atoms in total. The summed E-state index contributed by atoms with van der Waals surface area (Å²) in [6.45, 7) is 2.08. The molecule has 34 heavy (non-hydrogen) atoms. The molecule has 1 aromatic heterocycles. The Labute approximate surface area is 201 Å². The van der Waals surface area contributed by atoms with E-state index in [0.29, 0.717) is 42.6 Å². The third-order valence-electron chi connectivity index (χ3n) is 5.96. The Morgan fingerprint density at radius 3 is 2.91 bits per heavy atom. The minimum Gasteiger partial charge on any atom is -0.377 e. The first-order chi connectivity index (χ1) is 16.3. The predicted octanol–water partition coefficient (Wildman–Crippen LogP) is 0.563. The van der Waals surface area contributed by atoms with Gasteiger partial charge in [0.25, 0.3) is 0 Å². The minimum atomic E-state index is -3.72. The highest BCUT2D eigenvalue weighted by atomic mass is 32.2. The Morgan fingerprint density at radius 1 is 1.41 bits per heavy atom. The van der Waals surface area contributed by atoms with Crippen molar-refractivity contribution in [2.75, 3.05) is 33.4 Å². The van der Waals surface area contributed by atoms with Gasteiger partial charge in [-0.15, -0.1) is 12.3 Å². The Morgan fingerprint density at radius 2 is 2.18 bits per heavy atom. The van der Waals surface area contributed by atoms with Gasteiger partial charge in [-0.2, -0.15) is 12.7 Å². The molecule has 1 amide bonds. The normalized spacial score (nSPS) is 23.0. The zero-order valence-electron chi connectivity index (χ0n) is 19.4. The number of allylic oxidation sites excluding steroid dienone is 2. The van der Waals surface area contributed by atoms with Crippen LogP contribution in [0.5, 0.6) is 0 Å². The molecule has 0 saturated carbocycles. The lowest BCUT2D eigenvalue weighted by atomic mass is 9.95. The number of carbonyl (C=O) groups is 1. The largest absolute Gasteiger partial charge is 0.377 e. The summed E-state index contributed by atoms with van der Waals surface area (Å²) in [7, 11) is -2.30. The first kappa shape index (κ1) is 25.8. The van der Waals surface area contributed by atoms with E-state index >= 15 is 0 Å². The molecule has 0 aliphatic carbocycles. The quantitative estimate of drug-likeness (QED) is 0.384. The average molecular weight is 489 g/mol. The van der Waals surface area contributed by atoms with Gasteiger partial charge >= 0.3 is 10.2 Å². The molecule has 2 unspecified atom stereocenters. The van der Waals surface area contributed by atoms with Crippen molar-refractivity contribution in [3.63, 3.8) is 0 Å². The van der Waals surface area contributed by atoms with Gasteiger partial charge in [0.15, 0.2) is 0 Å². The fourth-order valence-electron chi connectivity index (χ4n) is 3.98. The molecule has 2 atom stereocenters. The van der Waals surface area contributed by atoms with Gasteiger partial charge in [0, 0.05) is 51.1 Å². The molecular formula is C23H32N6O4S. The zero-order valence-corrected chi connectivity index (χ0v) is 20.2. The van der Waals surface area contributed by atoms with Gasteiger partial charge in [-0.1, -0.05) is 6.08 Å². The number of aromatic nitrogens is 2. The van der Waals surface area contributed by atoms with Gasteiger partial charge in [0.05, 0.1) is 24.9 Å². The number of nitrogens with zero attached hydrogens (tertiary/aromatic N) is 4. The van der Waals surface area contributed by atoms with Crippen LogP contribution in [0.15, 0.2) is 41.9 Å². The molecule has 2 aliphatic heterocycles. The molecule has 0 spiro atoms. The van der Waals surface area contributed by atoms with Crippen LogP contribution in [0.25, 0.3) is 0 Å². The number of likely N-dealkylation sites (N-methyl/N-ethyl adjacent to an activating group) is 1. The predicted molar refractivity (Wildman–Crippen MR) is 128 cm³/mol. The van der Waals surface area contributed by atoms with Crippen molar-refractivity contribution in [1.29, 1.82) is 0 Å². The summed E-state index contributed by atoms with van der Waals surface area (Å²) in [5.74, 6) is 3.38. The fourth-order valence-corrected chi connectivity index (χ4v) is 5.03. The van der Waals surface area contributed by atoms with Gasteiger partial charge < -0.3 is 15.4 Å². The van der Waals surface area contributed by atoms with E-state index in [1.807, 2.05) is 4.90 Å². The highest BCUT2D eigenvalue weighted by Crippen LogP contribution is 2.22. The maximum absolute atomic E-state index is 12.6. The van der Waals surface area contributed by atoms with E-state index in [-0.39, 0.29) is 18.9 Å². The molecular weight excluding hydrogens is 456 g/mol. The van der Waals surface area contributed by atoms with Crippen LogP contribution in [-0.4, -0.2) is 73.0 Å². The first-order valence-electron chi connectivity index (χ1n) is 11.3. The number of amides is 1. The number of hydrogen-bond acceptors (Lipinski definition) is 7. The first-order valence-corrected chi connectivity index (χ1v) is 12.7. The van der Waals surface area contributed by atoms with Crippen molar-refractivity contribution in [3.8, 4) is 12.3 Å². The highest BCUT2D eigenvalue weighted by molar-refractivity contribution is 7.87. The van der Waals surface area contributed by atoms with Crippen LogP contribution in [0.3, 0.4) is 0 Å². The van der Waals surface area contributed by atoms with E-state index in [0.717, 1.165) is 30.1 Å². The average Bonchev–Trinajstić information content (AvgIpc) is 2.83. The van der Waals surface area contributed by atoms with Crippen molar-refractivity contribution in [3.05, 3.63) is 47.7 Å². The number of carbonyl (C=O) groups excluding carboxylic acids is 1. The number of terminal acetylenes is 1. The lowest BCUT2D eigenvalue weighted by Gasteiger charge is -2.34. The summed E-state index contributed by atoms with van der Waals surface area (Å²) in [6, 6.07) is 1.73. The lowest BCUT2D eigenvalue weighted by molar-refractivity contribution is -0.132. The maximum Gasteiger partial charge on any atom is 0.303 e. The van der Waals surface area contributed by atoms with E-state index in [1.54, 1.807) is 30.6 Å². The molecule has 11 heteroatoms. The Hall–Kier alpha value is -2.78. The van der Waals surface area contributed by atoms with Gasteiger partial charge in [-0.3, -0.25) is 9.52 Å². The number of nitrogens with one attached hydrogen (secondary N) is 1. The van der Waals surface area contributed by atoms with Crippen molar-refractivity contribution in [2.24, 2.45) is 11.7 Å². The number of rotatable bonds is 9. The Balaban J connectivity index is 1.52. The van der Waals surface area contributed by atoms with Crippen LogP contribution in [0.4, 0.5) is 0 Å². The second kappa shape index (κ2) is 12.1. The number of piperidine rings is 1. The second-order valence-electron chi connectivity index (χ2n) is 8.35. The van der Waals surface area contributed by atoms with E-state index in [2.05, 4.69) is 20.6 Å². The SMILES string of the molecule is C#CC/C=C\C1=C(COCCC2CCCN(C(=O)Cc3ncccn3)C2)C(N)N(C)S(=O)(=O)N1. The maximum atomic E-state index is 12.6. The van der Waals surface area contributed by atoms with Crippen LogP contribution in [0.1, 0.15) is 31.5 Å². The van der Waals surface area contributed by atoms with Crippen LogP contribution < -0.4 is 10.5 Å². The van der Waals surface area contributed by atoms with Crippen LogP contribution >= 0.6 is 0 Å². The number of hydrogen-bond donors (Lipinski definition) is 2. The van der Waals surface area contributed by atoms with Gasteiger partial charge in [0.2, 0.25) is 5.91 Å². The molecule has 3 N–H and O–H groups in total. The molecule has 3 heterocycles. The summed E-state index contributed by atoms with van der Waals surface area (Å²) >= 11 is 0. The van der Waals surface area contributed by atoms with Gasteiger partial charge in [-0.25, -0.2) is 9.97 Å². The standard InChI is InChI=1S/C23H32N6O4S/c1-3-4-5-9-20-19(23(24)28(2)34(31,32)27-20)17-33-14-10-18-8-6-13-29(16-18)22(30)15-21-25-11-7-12-26-21/h1,5,7,9,11-12,18,23,27H,4,6,8,10,13-17,24H2,2H3/b9-5-. The summed E-state index contributed by atoms with van der Waals surface area (Å²) in [5, 5.41) is 0. The third-order valence-corrected chi connectivity index (χ3v) is 7.42. The second-order valence-corrected chi connectivity index (χ2v) is 10.1. The smallest absolute Gasteiger partial charge is 0.303 e. The minimum absolute atomic E-state index is 0.0360. The Bertz CT molecular complexity index is 1050. The zero-order chi connectivity index (χ0) is 24.6. The molecule has 0 aromatic carbocycles. The number of ether oxygens (including phenoxy) is 1. The molecule has 1 aromatic rings. The van der Waals surface area contributed by atoms with Crippen LogP contribution in [0, 0.1) is 18.3 Å². The van der Waals surface area contributed by atoms with Crippen molar-refractivity contribution < 1.29 is 17.9 Å². The van der Waals surface area contributed by atoms with Crippen molar-refractivity contribution in [2.45, 2.75) is 38.3 Å². The molecule has 184 valence electrons. The molecule has 0 radical (unpaired) electrons. The van der Waals surface area contributed by atoms with E-state index in [1.165, 1.54) is 7.05 Å². The van der Waals surface area contributed by atoms with Crippen LogP contribution in [-0.2, 0) is 26.2 Å². The molecule has 3 rings (SSSR count). The van der Waals surface area contributed by atoms with Crippen molar-refractivity contribution in [1.82, 2.24) is 23.9 Å². The number of likely N-dealkylation sites (tertiary alicyclic amines) is 1. The van der Waals surface area contributed by atoms with Crippen molar-refractivity contribution >= 4 is 16.1 Å². The molecule has 1 fully saturated rings. The van der Waals surface area contributed by atoms with E-state index < -0.39 is 16.4 Å². The summed E-state index contributed by atoms with van der Waals surface area (Å²) in [5.41, 5.74) is 7.19. The monoisotopic (exact) mass is 488 g/mol. The molecule has 1 saturated heterocycles. The summed E-state index contributed by atoms with van der Waals surface area (Å²) < 4.78 is 34.0. The summed E-state index contributed by atoms with van der Waals surface area (Å²) in [6.07, 6.45) is 14.4. The highest BCUT2D eigenvalue weighted by Gasteiger charge is 2.33. The molecule has 2 aliphatic rings. The van der Waals surface area contributed by atoms with Gasteiger partial charge in [0.1, 0.15) is 5.82 Å².